The normalized spacial score (nSPS) is 23.6. The van der Waals surface area contributed by atoms with E-state index < -0.39 is 0 Å². The highest BCUT2D eigenvalue weighted by atomic mass is 16.5. The number of ether oxygens (including phenoxy) is 2. The van der Waals surface area contributed by atoms with Crippen molar-refractivity contribution in [1.29, 1.82) is 0 Å². The second kappa shape index (κ2) is 6.86. The summed E-state index contributed by atoms with van der Waals surface area (Å²) < 4.78 is 10.9. The van der Waals surface area contributed by atoms with E-state index in [0.717, 1.165) is 43.7 Å². The maximum atomic E-state index is 10.9. The van der Waals surface area contributed by atoms with Gasteiger partial charge >= 0.3 is 0 Å². The molecule has 20 heavy (non-hydrogen) atoms. The number of methoxy groups -OCH3 is 2. The number of carbonyl (C=O) groups excluding carboxylic acids is 1. The van der Waals surface area contributed by atoms with Gasteiger partial charge in [-0.1, -0.05) is 6.92 Å². The standard InChI is InChI=1S/C16H23NO3/c1-12-6-7-17(10-16(12)20-3)9-14-8-13(11-18)4-5-15(14)19-2/h4-5,8,11-12,16H,6-7,9-10H2,1-3H3. The lowest BCUT2D eigenvalue weighted by Gasteiger charge is -2.36. The van der Waals surface area contributed by atoms with Crippen molar-refractivity contribution < 1.29 is 14.3 Å². The zero-order chi connectivity index (χ0) is 14.5. The minimum absolute atomic E-state index is 0.281. The fraction of sp³-hybridized carbons (Fsp3) is 0.562. The Kier molecular flexibility index (Phi) is 5.15. The summed E-state index contributed by atoms with van der Waals surface area (Å²) in [5.74, 6) is 1.43. The number of nitrogens with zero attached hydrogens (tertiary/aromatic N) is 1. The van der Waals surface area contributed by atoms with E-state index in [0.29, 0.717) is 11.5 Å². The van der Waals surface area contributed by atoms with Gasteiger partial charge in [-0.05, 0) is 37.1 Å². The maximum absolute atomic E-state index is 10.9. The maximum Gasteiger partial charge on any atom is 0.150 e. The van der Waals surface area contributed by atoms with E-state index >= 15 is 0 Å². The molecule has 0 spiro atoms. The molecule has 2 rings (SSSR count). The van der Waals surface area contributed by atoms with E-state index in [9.17, 15) is 4.79 Å². The van der Waals surface area contributed by atoms with Crippen LogP contribution >= 0.6 is 0 Å². The molecule has 0 bridgehead atoms. The number of hydrogen-bond acceptors (Lipinski definition) is 4. The molecule has 110 valence electrons. The predicted octanol–water partition coefficient (Wildman–Crippen LogP) is 2.36. The quantitative estimate of drug-likeness (QED) is 0.775. The van der Waals surface area contributed by atoms with Gasteiger partial charge in [0.1, 0.15) is 12.0 Å². The summed E-state index contributed by atoms with van der Waals surface area (Å²) in [5, 5.41) is 0. The summed E-state index contributed by atoms with van der Waals surface area (Å²) in [5.41, 5.74) is 1.75. The van der Waals surface area contributed by atoms with Crippen molar-refractivity contribution in [3.8, 4) is 5.75 Å². The van der Waals surface area contributed by atoms with Crippen molar-refractivity contribution in [3.63, 3.8) is 0 Å². The number of aldehydes is 1. The molecule has 0 aliphatic carbocycles. The number of rotatable bonds is 5. The molecule has 2 atom stereocenters. The Labute approximate surface area is 120 Å². The average Bonchev–Trinajstić information content (AvgIpc) is 2.49. The van der Waals surface area contributed by atoms with E-state index in [-0.39, 0.29) is 6.10 Å². The molecule has 0 radical (unpaired) electrons. The number of piperidine rings is 1. The highest BCUT2D eigenvalue weighted by molar-refractivity contribution is 5.75. The van der Waals surface area contributed by atoms with Gasteiger partial charge in [-0.3, -0.25) is 9.69 Å². The molecule has 4 heteroatoms. The first-order valence-corrected chi connectivity index (χ1v) is 7.05. The Balaban J connectivity index is 2.11. The van der Waals surface area contributed by atoms with Crippen LogP contribution in [0.1, 0.15) is 29.3 Å². The van der Waals surface area contributed by atoms with E-state index in [2.05, 4.69) is 11.8 Å². The van der Waals surface area contributed by atoms with Gasteiger partial charge in [0.2, 0.25) is 0 Å². The van der Waals surface area contributed by atoms with Crippen LogP contribution in [0.4, 0.5) is 0 Å². The zero-order valence-electron chi connectivity index (χ0n) is 12.5. The second-order valence-corrected chi connectivity index (χ2v) is 5.46. The van der Waals surface area contributed by atoms with Crippen LogP contribution in [0.15, 0.2) is 18.2 Å². The van der Waals surface area contributed by atoms with Gasteiger partial charge in [0.05, 0.1) is 13.2 Å². The van der Waals surface area contributed by atoms with E-state index in [1.54, 1.807) is 20.3 Å². The summed E-state index contributed by atoms with van der Waals surface area (Å²) >= 11 is 0. The lowest BCUT2D eigenvalue weighted by molar-refractivity contribution is -0.00762. The molecule has 1 aromatic rings. The molecule has 2 unspecified atom stereocenters. The molecular weight excluding hydrogens is 254 g/mol. The molecule has 0 N–H and O–H groups in total. The SMILES string of the molecule is COc1ccc(C=O)cc1CN1CCC(C)C(OC)C1. The molecule has 0 aromatic heterocycles. The summed E-state index contributed by atoms with van der Waals surface area (Å²) in [7, 11) is 3.44. The van der Waals surface area contributed by atoms with Crippen LogP contribution in [0.2, 0.25) is 0 Å². The topological polar surface area (TPSA) is 38.8 Å². The number of likely N-dealkylation sites (tertiary alicyclic amines) is 1. The van der Waals surface area contributed by atoms with Crippen molar-refractivity contribution in [2.75, 3.05) is 27.3 Å². The Morgan fingerprint density at radius 1 is 1.40 bits per heavy atom. The van der Waals surface area contributed by atoms with E-state index in [1.807, 2.05) is 12.1 Å². The smallest absolute Gasteiger partial charge is 0.150 e. The van der Waals surface area contributed by atoms with E-state index in [4.69, 9.17) is 9.47 Å². The minimum Gasteiger partial charge on any atom is -0.496 e. The summed E-state index contributed by atoms with van der Waals surface area (Å²) in [6.45, 7) is 5.00. The van der Waals surface area contributed by atoms with Crippen molar-refractivity contribution in [2.24, 2.45) is 5.92 Å². The first-order valence-electron chi connectivity index (χ1n) is 7.05. The third-order valence-electron chi connectivity index (χ3n) is 4.11. The summed E-state index contributed by atoms with van der Waals surface area (Å²) in [6, 6.07) is 5.55. The molecule has 1 saturated heterocycles. The van der Waals surface area contributed by atoms with Crippen LogP contribution in [-0.2, 0) is 11.3 Å². The van der Waals surface area contributed by atoms with Crippen LogP contribution in [0.3, 0.4) is 0 Å². The highest BCUT2D eigenvalue weighted by Crippen LogP contribution is 2.25. The Hall–Kier alpha value is -1.39. The zero-order valence-corrected chi connectivity index (χ0v) is 12.5. The summed E-state index contributed by atoms with van der Waals surface area (Å²) in [4.78, 5) is 13.3. The van der Waals surface area contributed by atoms with Gasteiger partial charge in [-0.2, -0.15) is 0 Å². The fourth-order valence-corrected chi connectivity index (χ4v) is 2.78. The third kappa shape index (κ3) is 3.38. The van der Waals surface area contributed by atoms with Crippen molar-refractivity contribution in [3.05, 3.63) is 29.3 Å². The first kappa shape index (κ1) is 15.0. The van der Waals surface area contributed by atoms with Crippen LogP contribution in [0.5, 0.6) is 5.75 Å². The van der Waals surface area contributed by atoms with Gasteiger partial charge in [-0.15, -0.1) is 0 Å². The summed E-state index contributed by atoms with van der Waals surface area (Å²) in [6.07, 6.45) is 2.29. The predicted molar refractivity (Wildman–Crippen MR) is 78.2 cm³/mol. The molecule has 1 aliphatic rings. The number of hydrogen-bond donors (Lipinski definition) is 0. The average molecular weight is 277 g/mol. The minimum atomic E-state index is 0.281. The van der Waals surface area contributed by atoms with E-state index in [1.165, 1.54) is 0 Å². The van der Waals surface area contributed by atoms with Gasteiger partial charge in [0.15, 0.2) is 0 Å². The monoisotopic (exact) mass is 277 g/mol. The van der Waals surface area contributed by atoms with Gasteiger partial charge in [-0.25, -0.2) is 0 Å². The molecule has 0 amide bonds. The second-order valence-electron chi connectivity index (χ2n) is 5.46. The molecule has 1 fully saturated rings. The fourth-order valence-electron chi connectivity index (χ4n) is 2.78. The molecule has 1 heterocycles. The Morgan fingerprint density at radius 2 is 2.20 bits per heavy atom. The van der Waals surface area contributed by atoms with Gasteiger partial charge in [0, 0.05) is 31.3 Å². The number of benzene rings is 1. The first-order chi connectivity index (χ1) is 9.67. The van der Waals surface area contributed by atoms with Crippen LogP contribution in [0.25, 0.3) is 0 Å². The lowest BCUT2D eigenvalue weighted by Crippen LogP contribution is -2.43. The van der Waals surface area contributed by atoms with Crippen molar-refractivity contribution in [2.45, 2.75) is 26.0 Å². The lowest BCUT2D eigenvalue weighted by atomic mass is 9.95. The molecule has 1 aliphatic heterocycles. The number of carbonyl (C=O) groups is 1. The van der Waals surface area contributed by atoms with Gasteiger partial charge in [0.25, 0.3) is 0 Å². The third-order valence-corrected chi connectivity index (χ3v) is 4.11. The van der Waals surface area contributed by atoms with Crippen LogP contribution in [-0.4, -0.2) is 44.6 Å². The Morgan fingerprint density at radius 3 is 2.85 bits per heavy atom. The van der Waals surface area contributed by atoms with Gasteiger partial charge < -0.3 is 9.47 Å². The Bertz CT molecular complexity index is 461. The van der Waals surface area contributed by atoms with Crippen molar-refractivity contribution >= 4 is 6.29 Å². The molecule has 1 aromatic carbocycles. The van der Waals surface area contributed by atoms with Crippen molar-refractivity contribution in [1.82, 2.24) is 4.90 Å². The molecule has 0 saturated carbocycles. The van der Waals surface area contributed by atoms with Crippen LogP contribution in [0, 0.1) is 5.92 Å². The molecule has 4 nitrogen and oxygen atoms in total. The van der Waals surface area contributed by atoms with Crippen LogP contribution < -0.4 is 4.74 Å². The highest BCUT2D eigenvalue weighted by Gasteiger charge is 2.26. The largest absolute Gasteiger partial charge is 0.496 e. The molecular formula is C16H23NO3.